The van der Waals surface area contributed by atoms with Crippen molar-refractivity contribution in [2.24, 2.45) is 0 Å². The van der Waals surface area contributed by atoms with Crippen LogP contribution in [0.3, 0.4) is 0 Å². The van der Waals surface area contributed by atoms with Gasteiger partial charge >= 0.3 is 5.97 Å². The summed E-state index contributed by atoms with van der Waals surface area (Å²) in [5, 5.41) is 2.69. The Morgan fingerprint density at radius 2 is 1.87 bits per heavy atom. The van der Waals surface area contributed by atoms with Crippen molar-refractivity contribution in [2.45, 2.75) is 39.2 Å². The molecule has 0 aromatic heterocycles. The van der Waals surface area contributed by atoms with Gasteiger partial charge in [0.15, 0.2) is 17.6 Å². The highest BCUT2D eigenvalue weighted by molar-refractivity contribution is 5.83. The minimum absolute atomic E-state index is 0.195. The second kappa shape index (κ2) is 9.71. The molecule has 0 aliphatic carbocycles. The molecule has 0 aliphatic rings. The number of benzene rings is 1. The first kappa shape index (κ1) is 18.8. The summed E-state index contributed by atoms with van der Waals surface area (Å²) >= 11 is 0. The molecule has 1 amide bonds. The van der Waals surface area contributed by atoms with E-state index >= 15 is 0 Å². The van der Waals surface area contributed by atoms with Gasteiger partial charge in [-0.15, -0.1) is 0 Å². The Kier molecular flexibility index (Phi) is 7.94. The summed E-state index contributed by atoms with van der Waals surface area (Å²) in [6, 6.07) is 5.48. The SMILES string of the molecule is CCCNC(=O)[C@H](C)OC(=O)CCc1ccc(OC)c(OC)c1. The molecule has 6 heteroatoms. The van der Waals surface area contributed by atoms with Crippen LogP contribution in [0.2, 0.25) is 0 Å². The van der Waals surface area contributed by atoms with E-state index in [4.69, 9.17) is 14.2 Å². The maximum Gasteiger partial charge on any atom is 0.306 e. The van der Waals surface area contributed by atoms with E-state index in [-0.39, 0.29) is 12.3 Å². The van der Waals surface area contributed by atoms with Gasteiger partial charge in [-0.05, 0) is 37.5 Å². The number of hydrogen-bond donors (Lipinski definition) is 1. The third-order valence-electron chi connectivity index (χ3n) is 3.29. The van der Waals surface area contributed by atoms with Crippen molar-refractivity contribution >= 4 is 11.9 Å². The number of ether oxygens (including phenoxy) is 3. The molecule has 0 aliphatic heterocycles. The van der Waals surface area contributed by atoms with Gasteiger partial charge in [0.1, 0.15) is 0 Å². The summed E-state index contributed by atoms with van der Waals surface area (Å²) in [5.41, 5.74) is 0.933. The lowest BCUT2D eigenvalue weighted by Crippen LogP contribution is -2.36. The smallest absolute Gasteiger partial charge is 0.306 e. The molecule has 0 saturated heterocycles. The van der Waals surface area contributed by atoms with Crippen LogP contribution in [0.1, 0.15) is 32.3 Å². The van der Waals surface area contributed by atoms with E-state index in [1.165, 1.54) is 0 Å². The largest absolute Gasteiger partial charge is 0.493 e. The molecule has 6 nitrogen and oxygen atoms in total. The number of methoxy groups -OCH3 is 2. The monoisotopic (exact) mass is 323 g/mol. The molecule has 1 aromatic rings. The first-order valence-electron chi connectivity index (χ1n) is 7.69. The Morgan fingerprint density at radius 1 is 1.17 bits per heavy atom. The minimum atomic E-state index is -0.778. The van der Waals surface area contributed by atoms with Gasteiger partial charge in [-0.3, -0.25) is 9.59 Å². The Hall–Kier alpha value is -2.24. The fourth-order valence-corrected chi connectivity index (χ4v) is 1.98. The molecule has 0 spiro atoms. The second-order valence-electron chi connectivity index (χ2n) is 5.11. The van der Waals surface area contributed by atoms with Crippen LogP contribution >= 0.6 is 0 Å². The van der Waals surface area contributed by atoms with Crippen molar-refractivity contribution in [2.75, 3.05) is 20.8 Å². The fourth-order valence-electron chi connectivity index (χ4n) is 1.98. The zero-order chi connectivity index (χ0) is 17.2. The summed E-state index contributed by atoms with van der Waals surface area (Å²) in [6.45, 7) is 4.10. The average molecular weight is 323 g/mol. The molecule has 0 fully saturated rings. The average Bonchev–Trinajstić information content (AvgIpc) is 2.57. The van der Waals surface area contributed by atoms with Crippen LogP contribution in [0.4, 0.5) is 0 Å². The fraction of sp³-hybridized carbons (Fsp3) is 0.529. The van der Waals surface area contributed by atoms with Gasteiger partial charge in [-0.25, -0.2) is 0 Å². The van der Waals surface area contributed by atoms with Crippen LogP contribution in [-0.4, -0.2) is 38.7 Å². The summed E-state index contributed by atoms with van der Waals surface area (Å²) in [4.78, 5) is 23.5. The molecule has 1 aromatic carbocycles. The minimum Gasteiger partial charge on any atom is -0.493 e. The zero-order valence-electron chi connectivity index (χ0n) is 14.2. The van der Waals surface area contributed by atoms with Gasteiger partial charge in [-0.2, -0.15) is 0 Å². The first-order chi connectivity index (χ1) is 11.0. The number of aryl methyl sites for hydroxylation is 1. The molecule has 0 heterocycles. The Morgan fingerprint density at radius 3 is 2.48 bits per heavy atom. The van der Waals surface area contributed by atoms with E-state index in [9.17, 15) is 9.59 Å². The number of esters is 1. The van der Waals surface area contributed by atoms with Gasteiger partial charge in [-0.1, -0.05) is 13.0 Å². The molecule has 0 unspecified atom stereocenters. The molecule has 0 bridgehead atoms. The number of rotatable bonds is 9. The lowest BCUT2D eigenvalue weighted by molar-refractivity contribution is -0.154. The quantitative estimate of drug-likeness (QED) is 0.705. The number of amides is 1. The van der Waals surface area contributed by atoms with Gasteiger partial charge in [0.25, 0.3) is 5.91 Å². The van der Waals surface area contributed by atoms with E-state index in [0.29, 0.717) is 24.5 Å². The van der Waals surface area contributed by atoms with Crippen molar-refractivity contribution in [1.82, 2.24) is 5.32 Å². The predicted molar refractivity (Wildman–Crippen MR) is 86.7 cm³/mol. The lowest BCUT2D eigenvalue weighted by atomic mass is 10.1. The van der Waals surface area contributed by atoms with E-state index in [1.807, 2.05) is 19.1 Å². The van der Waals surface area contributed by atoms with Crippen LogP contribution in [0.25, 0.3) is 0 Å². The first-order valence-corrected chi connectivity index (χ1v) is 7.69. The topological polar surface area (TPSA) is 73.9 Å². The summed E-state index contributed by atoms with van der Waals surface area (Å²) in [5.74, 6) is 0.580. The number of carbonyl (C=O) groups is 2. The van der Waals surface area contributed by atoms with Gasteiger partial charge in [0.05, 0.1) is 14.2 Å². The van der Waals surface area contributed by atoms with Crippen LogP contribution in [0, 0.1) is 0 Å². The van der Waals surface area contributed by atoms with Crippen molar-refractivity contribution in [1.29, 1.82) is 0 Å². The number of carbonyl (C=O) groups excluding carboxylic acids is 2. The molecular formula is C17H25NO5. The van der Waals surface area contributed by atoms with E-state index in [2.05, 4.69) is 5.32 Å². The summed E-state index contributed by atoms with van der Waals surface area (Å²) in [7, 11) is 3.13. The number of nitrogens with one attached hydrogen (secondary N) is 1. The Labute approximate surface area is 137 Å². The van der Waals surface area contributed by atoms with Crippen molar-refractivity contribution in [3.63, 3.8) is 0 Å². The maximum atomic E-state index is 11.8. The molecule has 0 saturated carbocycles. The van der Waals surface area contributed by atoms with Gasteiger partial charge in [0, 0.05) is 13.0 Å². The molecule has 128 valence electrons. The second-order valence-corrected chi connectivity index (χ2v) is 5.11. The van der Waals surface area contributed by atoms with Crippen molar-refractivity contribution in [3.05, 3.63) is 23.8 Å². The highest BCUT2D eigenvalue weighted by atomic mass is 16.5. The normalized spacial score (nSPS) is 11.5. The molecule has 1 rings (SSSR count). The molecule has 0 radical (unpaired) electrons. The summed E-state index contributed by atoms with van der Waals surface area (Å²) in [6.07, 6.45) is 0.758. The molecular weight excluding hydrogens is 298 g/mol. The van der Waals surface area contributed by atoms with Gasteiger partial charge < -0.3 is 19.5 Å². The van der Waals surface area contributed by atoms with Crippen LogP contribution in [0.5, 0.6) is 11.5 Å². The Bertz CT molecular complexity index is 530. The van der Waals surface area contributed by atoms with Crippen molar-refractivity contribution in [3.8, 4) is 11.5 Å². The zero-order valence-corrected chi connectivity index (χ0v) is 14.2. The molecule has 23 heavy (non-hydrogen) atoms. The number of hydrogen-bond acceptors (Lipinski definition) is 5. The Balaban J connectivity index is 2.48. The van der Waals surface area contributed by atoms with E-state index in [1.54, 1.807) is 27.2 Å². The van der Waals surface area contributed by atoms with Crippen LogP contribution in [-0.2, 0) is 20.7 Å². The van der Waals surface area contributed by atoms with Crippen molar-refractivity contribution < 1.29 is 23.8 Å². The van der Waals surface area contributed by atoms with Gasteiger partial charge in [0.2, 0.25) is 0 Å². The summed E-state index contributed by atoms with van der Waals surface area (Å²) < 4.78 is 15.5. The highest BCUT2D eigenvalue weighted by Crippen LogP contribution is 2.27. The molecule has 1 atom stereocenters. The molecule has 1 N–H and O–H groups in total. The third-order valence-corrected chi connectivity index (χ3v) is 3.29. The van der Waals surface area contributed by atoms with E-state index in [0.717, 1.165) is 12.0 Å². The van der Waals surface area contributed by atoms with E-state index < -0.39 is 12.1 Å². The highest BCUT2D eigenvalue weighted by Gasteiger charge is 2.17. The maximum absolute atomic E-state index is 11.8. The third kappa shape index (κ3) is 6.18. The predicted octanol–water partition coefficient (Wildman–Crippen LogP) is 2.09. The lowest BCUT2D eigenvalue weighted by Gasteiger charge is -2.13. The van der Waals surface area contributed by atoms with Crippen LogP contribution in [0.15, 0.2) is 18.2 Å². The standard InChI is InChI=1S/C17H25NO5/c1-5-10-18-17(20)12(2)23-16(19)9-7-13-6-8-14(21-3)15(11-13)22-4/h6,8,11-12H,5,7,9-10H2,1-4H3,(H,18,20)/t12-/m0/s1. The van der Waals surface area contributed by atoms with Crippen LogP contribution < -0.4 is 14.8 Å².